The van der Waals surface area contributed by atoms with E-state index in [1.807, 2.05) is 6.07 Å². The van der Waals surface area contributed by atoms with Gasteiger partial charge in [0.15, 0.2) is 5.75 Å². The van der Waals surface area contributed by atoms with Gasteiger partial charge in [0.05, 0.1) is 11.6 Å². The molecule has 3 N–H and O–H groups in total. The molecule has 0 fully saturated rings. The van der Waals surface area contributed by atoms with Crippen molar-refractivity contribution in [3.05, 3.63) is 52.5 Å². The van der Waals surface area contributed by atoms with Crippen LogP contribution in [-0.4, -0.2) is 18.2 Å². The Hall–Kier alpha value is -2.24. The number of ether oxygens (including phenoxy) is 2. The van der Waals surface area contributed by atoms with Crippen LogP contribution in [0, 0.1) is 0 Å². The minimum absolute atomic E-state index is 0.0629. The van der Waals surface area contributed by atoms with E-state index in [1.54, 1.807) is 25.3 Å². The van der Waals surface area contributed by atoms with Crippen LogP contribution < -0.4 is 10.5 Å². The smallest absolute Gasteiger partial charge is 0.339 e. The van der Waals surface area contributed by atoms with Crippen molar-refractivity contribution < 1.29 is 19.4 Å². The van der Waals surface area contributed by atoms with Crippen molar-refractivity contribution in [1.29, 1.82) is 0 Å². The molecular weight excluding hydrogens is 294 g/mol. The van der Waals surface area contributed by atoms with E-state index >= 15 is 0 Å². The first kappa shape index (κ1) is 15.2. The summed E-state index contributed by atoms with van der Waals surface area (Å²) in [6, 6.07) is 9.87. The molecule has 0 aliphatic heterocycles. The zero-order valence-electron chi connectivity index (χ0n) is 11.3. The molecule has 0 saturated carbocycles. The van der Waals surface area contributed by atoms with Gasteiger partial charge in [0.2, 0.25) is 0 Å². The van der Waals surface area contributed by atoms with Crippen LogP contribution in [0.15, 0.2) is 36.4 Å². The van der Waals surface area contributed by atoms with E-state index in [-0.39, 0.29) is 22.0 Å². The number of carbonyl (C=O) groups is 1. The summed E-state index contributed by atoms with van der Waals surface area (Å²) in [6.45, 7) is 0.429. The Morgan fingerprint density at radius 2 is 2.10 bits per heavy atom. The van der Waals surface area contributed by atoms with Crippen molar-refractivity contribution in [2.45, 2.75) is 6.61 Å². The summed E-state index contributed by atoms with van der Waals surface area (Å²) in [4.78, 5) is 11.3. The normalized spacial score (nSPS) is 10.4. The molecule has 0 aliphatic rings. The fraction of sp³-hybridized carbons (Fsp3) is 0.133. The van der Waals surface area contributed by atoms with Gasteiger partial charge in [-0.3, -0.25) is 0 Å². The number of carboxylic acids is 1. The molecule has 2 aromatic rings. The summed E-state index contributed by atoms with van der Waals surface area (Å²) >= 11 is 6.04. The number of aromatic carboxylic acids is 1. The Kier molecular flexibility index (Phi) is 4.67. The average molecular weight is 308 g/mol. The van der Waals surface area contributed by atoms with Crippen LogP contribution in [0.4, 0.5) is 5.69 Å². The van der Waals surface area contributed by atoms with E-state index < -0.39 is 5.97 Å². The zero-order chi connectivity index (χ0) is 15.4. The molecule has 2 rings (SSSR count). The molecule has 0 aliphatic carbocycles. The van der Waals surface area contributed by atoms with Gasteiger partial charge in [-0.2, -0.15) is 0 Å². The molecule has 2 aromatic carbocycles. The topological polar surface area (TPSA) is 81.8 Å². The maximum Gasteiger partial charge on any atom is 0.339 e. The summed E-state index contributed by atoms with van der Waals surface area (Å²) < 4.78 is 10.7. The summed E-state index contributed by atoms with van der Waals surface area (Å²) in [6.07, 6.45) is 0. The fourth-order valence-corrected chi connectivity index (χ4v) is 2.13. The second kappa shape index (κ2) is 6.47. The number of carboxylic acid groups (broad SMARTS) is 1. The zero-order valence-corrected chi connectivity index (χ0v) is 12.1. The van der Waals surface area contributed by atoms with Crippen LogP contribution in [-0.2, 0) is 11.3 Å². The van der Waals surface area contributed by atoms with Crippen LogP contribution >= 0.6 is 11.6 Å². The van der Waals surface area contributed by atoms with Gasteiger partial charge in [-0.1, -0.05) is 23.7 Å². The van der Waals surface area contributed by atoms with Crippen LogP contribution in [0.2, 0.25) is 5.02 Å². The first-order valence-electron chi connectivity index (χ1n) is 6.09. The molecule has 0 unspecified atom stereocenters. The highest BCUT2D eigenvalue weighted by Gasteiger charge is 2.17. The van der Waals surface area contributed by atoms with Gasteiger partial charge >= 0.3 is 5.97 Å². The molecule has 0 bridgehead atoms. The van der Waals surface area contributed by atoms with Gasteiger partial charge in [-0.15, -0.1) is 0 Å². The molecule has 0 saturated heterocycles. The van der Waals surface area contributed by atoms with E-state index in [0.29, 0.717) is 12.4 Å². The molecule has 0 heterocycles. The molecule has 110 valence electrons. The molecule has 0 amide bonds. The van der Waals surface area contributed by atoms with Gasteiger partial charge < -0.3 is 20.3 Å². The number of nitrogen functional groups attached to an aromatic ring is 1. The second-order valence-electron chi connectivity index (χ2n) is 4.37. The number of anilines is 1. The highest BCUT2D eigenvalue weighted by Crippen LogP contribution is 2.35. The number of benzene rings is 2. The maximum absolute atomic E-state index is 11.3. The Morgan fingerprint density at radius 3 is 2.76 bits per heavy atom. The van der Waals surface area contributed by atoms with Crippen molar-refractivity contribution in [3.8, 4) is 11.5 Å². The lowest BCUT2D eigenvalue weighted by Gasteiger charge is -2.12. The maximum atomic E-state index is 11.3. The number of hydrogen-bond donors (Lipinski definition) is 2. The molecule has 21 heavy (non-hydrogen) atoms. The molecular formula is C15H14ClNO4. The van der Waals surface area contributed by atoms with Gasteiger partial charge in [-0.05, 0) is 29.8 Å². The van der Waals surface area contributed by atoms with Gasteiger partial charge in [-0.25, -0.2) is 4.79 Å². The number of methoxy groups -OCH3 is 1. The third-order valence-corrected chi connectivity index (χ3v) is 3.01. The van der Waals surface area contributed by atoms with E-state index in [2.05, 4.69) is 0 Å². The molecule has 0 spiro atoms. The van der Waals surface area contributed by atoms with Gasteiger partial charge in [0.1, 0.15) is 11.3 Å². The minimum Gasteiger partial charge on any atom is -0.478 e. The summed E-state index contributed by atoms with van der Waals surface area (Å²) in [7, 11) is 1.59. The first-order valence-corrected chi connectivity index (χ1v) is 6.47. The molecule has 6 heteroatoms. The Morgan fingerprint density at radius 1 is 1.33 bits per heavy atom. The SMILES string of the molecule is COCc1cccc(Oc2c(Cl)cc(N)cc2C(=O)O)c1. The number of rotatable bonds is 5. The van der Waals surface area contributed by atoms with E-state index in [4.69, 9.17) is 26.8 Å². The predicted octanol–water partition coefficient (Wildman–Crippen LogP) is 3.56. The van der Waals surface area contributed by atoms with Crippen molar-refractivity contribution in [2.24, 2.45) is 0 Å². The third-order valence-electron chi connectivity index (χ3n) is 2.73. The standard InChI is InChI=1S/C15H14ClNO4/c1-20-8-9-3-2-4-11(5-9)21-14-12(15(18)19)6-10(17)7-13(14)16/h2-7H,8,17H2,1H3,(H,18,19). The average Bonchev–Trinajstić information content (AvgIpc) is 2.42. The van der Waals surface area contributed by atoms with Crippen molar-refractivity contribution in [3.63, 3.8) is 0 Å². The van der Waals surface area contributed by atoms with Crippen LogP contribution in [0.5, 0.6) is 11.5 Å². The van der Waals surface area contributed by atoms with Crippen molar-refractivity contribution >= 4 is 23.3 Å². The Bertz CT molecular complexity index is 673. The number of halogens is 1. The largest absolute Gasteiger partial charge is 0.478 e. The lowest BCUT2D eigenvalue weighted by molar-refractivity contribution is 0.0694. The molecule has 5 nitrogen and oxygen atoms in total. The number of hydrogen-bond acceptors (Lipinski definition) is 4. The van der Waals surface area contributed by atoms with Gasteiger partial charge in [0.25, 0.3) is 0 Å². The van der Waals surface area contributed by atoms with Crippen molar-refractivity contribution in [2.75, 3.05) is 12.8 Å². The molecule has 0 atom stereocenters. The summed E-state index contributed by atoms with van der Waals surface area (Å²) in [5.41, 5.74) is 6.68. The highest BCUT2D eigenvalue weighted by molar-refractivity contribution is 6.33. The summed E-state index contributed by atoms with van der Waals surface area (Å²) in [5, 5.41) is 9.36. The quantitative estimate of drug-likeness (QED) is 0.825. The second-order valence-corrected chi connectivity index (χ2v) is 4.77. The van der Waals surface area contributed by atoms with E-state index in [1.165, 1.54) is 12.1 Å². The minimum atomic E-state index is -1.16. The molecule has 0 radical (unpaired) electrons. The van der Waals surface area contributed by atoms with Gasteiger partial charge in [0, 0.05) is 12.8 Å². The lowest BCUT2D eigenvalue weighted by Crippen LogP contribution is -2.02. The van der Waals surface area contributed by atoms with Crippen LogP contribution in [0.3, 0.4) is 0 Å². The Labute approximate surface area is 126 Å². The Balaban J connectivity index is 2.39. The third kappa shape index (κ3) is 3.65. The monoisotopic (exact) mass is 307 g/mol. The predicted molar refractivity (Wildman–Crippen MR) is 80.1 cm³/mol. The first-order chi connectivity index (χ1) is 10.0. The highest BCUT2D eigenvalue weighted by atomic mass is 35.5. The van der Waals surface area contributed by atoms with Crippen LogP contribution in [0.1, 0.15) is 15.9 Å². The summed E-state index contributed by atoms with van der Waals surface area (Å²) in [5.74, 6) is -0.626. The molecule has 0 aromatic heterocycles. The van der Waals surface area contributed by atoms with Crippen molar-refractivity contribution in [1.82, 2.24) is 0 Å². The van der Waals surface area contributed by atoms with E-state index in [9.17, 15) is 9.90 Å². The number of nitrogens with two attached hydrogens (primary N) is 1. The van der Waals surface area contributed by atoms with Crippen LogP contribution in [0.25, 0.3) is 0 Å². The fourth-order valence-electron chi connectivity index (χ4n) is 1.86. The lowest BCUT2D eigenvalue weighted by atomic mass is 10.1. The van der Waals surface area contributed by atoms with E-state index in [0.717, 1.165) is 5.56 Å².